The summed E-state index contributed by atoms with van der Waals surface area (Å²) < 4.78 is 10.9. The molecule has 0 bridgehead atoms. The van der Waals surface area contributed by atoms with Crippen LogP contribution in [0.1, 0.15) is 23.6 Å². The third-order valence-corrected chi connectivity index (χ3v) is 4.35. The van der Waals surface area contributed by atoms with Gasteiger partial charge in [0.2, 0.25) is 0 Å². The Labute approximate surface area is 167 Å². The van der Waals surface area contributed by atoms with Gasteiger partial charge in [0, 0.05) is 20.1 Å². The van der Waals surface area contributed by atoms with Crippen LogP contribution in [0.25, 0.3) is 0 Å². The SMILES string of the molecule is CCNC(=NCc1ccc(OCCO)c(OC)c1)N(C)Cc1ccccc1C. The number of aliphatic imine (C=N–C) groups is 1. The first-order chi connectivity index (χ1) is 13.6. The Morgan fingerprint density at radius 3 is 2.64 bits per heavy atom. The molecule has 2 aromatic carbocycles. The molecule has 2 N–H and O–H groups in total. The molecular weight excluding hydrogens is 354 g/mol. The average Bonchev–Trinajstić information content (AvgIpc) is 2.71. The van der Waals surface area contributed by atoms with E-state index in [1.165, 1.54) is 11.1 Å². The van der Waals surface area contributed by atoms with Crippen LogP contribution < -0.4 is 14.8 Å². The minimum atomic E-state index is -0.0333. The molecule has 2 aromatic rings. The monoisotopic (exact) mass is 385 g/mol. The summed E-state index contributed by atoms with van der Waals surface area (Å²) in [7, 11) is 3.65. The minimum Gasteiger partial charge on any atom is -0.493 e. The minimum absolute atomic E-state index is 0.0333. The van der Waals surface area contributed by atoms with Gasteiger partial charge in [-0.25, -0.2) is 4.99 Å². The van der Waals surface area contributed by atoms with Crippen molar-refractivity contribution in [3.63, 3.8) is 0 Å². The van der Waals surface area contributed by atoms with Crippen molar-refractivity contribution in [1.29, 1.82) is 0 Å². The molecule has 0 saturated heterocycles. The molecule has 0 saturated carbocycles. The van der Waals surface area contributed by atoms with Crippen LogP contribution in [0.15, 0.2) is 47.5 Å². The van der Waals surface area contributed by atoms with E-state index in [-0.39, 0.29) is 13.2 Å². The summed E-state index contributed by atoms with van der Waals surface area (Å²) in [5, 5.41) is 12.3. The van der Waals surface area contributed by atoms with Gasteiger partial charge in [-0.05, 0) is 42.7 Å². The van der Waals surface area contributed by atoms with Gasteiger partial charge in [-0.1, -0.05) is 30.3 Å². The van der Waals surface area contributed by atoms with Crippen LogP contribution in [0.4, 0.5) is 0 Å². The number of guanidine groups is 1. The number of aryl methyl sites for hydroxylation is 1. The molecule has 0 atom stereocenters. The molecule has 0 fully saturated rings. The lowest BCUT2D eigenvalue weighted by molar-refractivity contribution is 0.196. The number of hydrogen-bond acceptors (Lipinski definition) is 4. The summed E-state index contributed by atoms with van der Waals surface area (Å²) >= 11 is 0. The van der Waals surface area contributed by atoms with Crippen LogP contribution in [-0.2, 0) is 13.1 Å². The number of benzene rings is 2. The lowest BCUT2D eigenvalue weighted by atomic mass is 10.1. The second kappa shape index (κ2) is 11.2. The van der Waals surface area contributed by atoms with Gasteiger partial charge in [0.1, 0.15) is 6.61 Å². The second-order valence-corrected chi connectivity index (χ2v) is 6.51. The number of nitrogens with one attached hydrogen (secondary N) is 1. The summed E-state index contributed by atoms with van der Waals surface area (Å²) in [5.41, 5.74) is 3.57. The molecule has 0 heterocycles. The predicted octanol–water partition coefficient (Wildman–Crippen LogP) is 2.97. The Bertz CT molecular complexity index is 777. The van der Waals surface area contributed by atoms with E-state index in [9.17, 15) is 0 Å². The van der Waals surface area contributed by atoms with E-state index in [1.54, 1.807) is 7.11 Å². The van der Waals surface area contributed by atoms with E-state index >= 15 is 0 Å². The largest absolute Gasteiger partial charge is 0.493 e. The lowest BCUT2D eigenvalue weighted by Crippen LogP contribution is -2.38. The van der Waals surface area contributed by atoms with Gasteiger partial charge in [-0.3, -0.25) is 0 Å². The molecule has 0 unspecified atom stereocenters. The predicted molar refractivity (Wildman–Crippen MR) is 113 cm³/mol. The maximum atomic E-state index is 8.92. The number of aliphatic hydroxyl groups excluding tert-OH is 1. The molecule has 0 aliphatic carbocycles. The van der Waals surface area contributed by atoms with E-state index < -0.39 is 0 Å². The fourth-order valence-corrected chi connectivity index (χ4v) is 2.84. The summed E-state index contributed by atoms with van der Waals surface area (Å²) in [6.07, 6.45) is 0. The maximum Gasteiger partial charge on any atom is 0.194 e. The molecular formula is C22H31N3O3. The fourth-order valence-electron chi connectivity index (χ4n) is 2.84. The Hall–Kier alpha value is -2.73. The van der Waals surface area contributed by atoms with E-state index in [1.807, 2.05) is 25.2 Å². The van der Waals surface area contributed by atoms with E-state index in [4.69, 9.17) is 19.6 Å². The Morgan fingerprint density at radius 1 is 1.18 bits per heavy atom. The number of ether oxygens (including phenoxy) is 2. The molecule has 0 aliphatic heterocycles. The van der Waals surface area contributed by atoms with Crippen LogP contribution in [0.2, 0.25) is 0 Å². The Kier molecular flexibility index (Phi) is 8.62. The van der Waals surface area contributed by atoms with E-state index in [2.05, 4.69) is 48.3 Å². The number of hydrogen-bond donors (Lipinski definition) is 2. The van der Waals surface area contributed by atoms with Crippen LogP contribution in [0, 0.1) is 6.92 Å². The van der Waals surface area contributed by atoms with Crippen molar-refractivity contribution in [3.8, 4) is 11.5 Å². The van der Waals surface area contributed by atoms with Gasteiger partial charge in [0.05, 0.1) is 20.3 Å². The third-order valence-electron chi connectivity index (χ3n) is 4.35. The number of rotatable bonds is 9. The van der Waals surface area contributed by atoms with E-state index in [0.717, 1.165) is 24.6 Å². The summed E-state index contributed by atoms with van der Waals surface area (Å²) in [4.78, 5) is 6.90. The van der Waals surface area contributed by atoms with Crippen LogP contribution in [0.3, 0.4) is 0 Å². The normalized spacial score (nSPS) is 11.2. The van der Waals surface area contributed by atoms with Crippen LogP contribution in [0.5, 0.6) is 11.5 Å². The highest BCUT2D eigenvalue weighted by molar-refractivity contribution is 5.79. The van der Waals surface area contributed by atoms with Crippen LogP contribution in [-0.4, -0.2) is 49.9 Å². The summed E-state index contributed by atoms with van der Waals surface area (Å²) in [6.45, 7) is 6.50. The highest BCUT2D eigenvalue weighted by atomic mass is 16.5. The zero-order chi connectivity index (χ0) is 20.4. The van der Waals surface area contributed by atoms with Gasteiger partial charge in [-0.2, -0.15) is 0 Å². The quantitative estimate of drug-likeness (QED) is 0.513. The molecule has 0 spiro atoms. The molecule has 28 heavy (non-hydrogen) atoms. The fraction of sp³-hybridized carbons (Fsp3) is 0.409. The number of methoxy groups -OCH3 is 1. The zero-order valence-electron chi connectivity index (χ0n) is 17.2. The molecule has 152 valence electrons. The molecule has 6 heteroatoms. The molecule has 0 radical (unpaired) electrons. The summed E-state index contributed by atoms with van der Waals surface area (Å²) in [6, 6.07) is 14.1. The van der Waals surface area contributed by atoms with Crippen molar-refractivity contribution in [2.45, 2.75) is 26.9 Å². The zero-order valence-corrected chi connectivity index (χ0v) is 17.2. The topological polar surface area (TPSA) is 66.3 Å². The number of nitrogens with zero attached hydrogens (tertiary/aromatic N) is 2. The standard InChI is InChI=1S/C22H31N3O3/c1-5-23-22(25(3)16-19-9-7-6-8-17(19)2)24-15-18-10-11-20(28-13-12-26)21(14-18)27-4/h6-11,14,26H,5,12-13,15-16H2,1-4H3,(H,23,24). The highest BCUT2D eigenvalue weighted by Gasteiger charge is 2.09. The molecule has 0 aliphatic rings. The Morgan fingerprint density at radius 2 is 1.96 bits per heavy atom. The third kappa shape index (κ3) is 6.16. The van der Waals surface area contributed by atoms with E-state index in [0.29, 0.717) is 18.0 Å². The smallest absolute Gasteiger partial charge is 0.194 e. The van der Waals surface area contributed by atoms with Crippen molar-refractivity contribution < 1.29 is 14.6 Å². The first-order valence-electron chi connectivity index (χ1n) is 9.53. The van der Waals surface area contributed by atoms with Gasteiger partial charge < -0.3 is 24.8 Å². The van der Waals surface area contributed by atoms with Crippen molar-refractivity contribution in [1.82, 2.24) is 10.2 Å². The van der Waals surface area contributed by atoms with Crippen molar-refractivity contribution in [2.75, 3.05) is 33.9 Å². The maximum absolute atomic E-state index is 8.92. The highest BCUT2D eigenvalue weighted by Crippen LogP contribution is 2.28. The molecule has 0 aromatic heterocycles. The first-order valence-corrected chi connectivity index (χ1v) is 9.53. The van der Waals surface area contributed by atoms with Gasteiger partial charge >= 0.3 is 0 Å². The van der Waals surface area contributed by atoms with Gasteiger partial charge in [-0.15, -0.1) is 0 Å². The summed E-state index contributed by atoms with van der Waals surface area (Å²) in [5.74, 6) is 2.11. The van der Waals surface area contributed by atoms with Gasteiger partial charge in [0.25, 0.3) is 0 Å². The first kappa shape index (κ1) is 21.6. The van der Waals surface area contributed by atoms with Gasteiger partial charge in [0.15, 0.2) is 17.5 Å². The molecule has 6 nitrogen and oxygen atoms in total. The average molecular weight is 386 g/mol. The van der Waals surface area contributed by atoms with Crippen molar-refractivity contribution in [2.24, 2.45) is 4.99 Å². The lowest BCUT2D eigenvalue weighted by Gasteiger charge is -2.23. The second-order valence-electron chi connectivity index (χ2n) is 6.51. The Balaban J connectivity index is 2.12. The van der Waals surface area contributed by atoms with Crippen LogP contribution >= 0.6 is 0 Å². The van der Waals surface area contributed by atoms with Crippen molar-refractivity contribution >= 4 is 5.96 Å². The van der Waals surface area contributed by atoms with Crippen molar-refractivity contribution in [3.05, 3.63) is 59.2 Å². The molecule has 2 rings (SSSR count). The molecule has 0 amide bonds. The number of aliphatic hydroxyl groups is 1.